The SMILES string of the molecule is C#Cc1ccc(S(N)(=O)=O)c(F)c1. The molecule has 0 saturated heterocycles. The lowest BCUT2D eigenvalue weighted by Crippen LogP contribution is -2.13. The number of rotatable bonds is 1. The lowest BCUT2D eigenvalue weighted by molar-refractivity contribution is 0.568. The van der Waals surface area contributed by atoms with Gasteiger partial charge in [0.25, 0.3) is 0 Å². The molecule has 1 aromatic rings. The van der Waals surface area contributed by atoms with Gasteiger partial charge in [0.05, 0.1) is 0 Å². The molecule has 1 aromatic carbocycles. The quantitative estimate of drug-likeness (QED) is 0.668. The maximum atomic E-state index is 13.0. The third-order valence-electron chi connectivity index (χ3n) is 1.41. The van der Waals surface area contributed by atoms with Gasteiger partial charge in [-0.1, -0.05) is 5.92 Å². The summed E-state index contributed by atoms with van der Waals surface area (Å²) in [6, 6.07) is 3.29. The first-order valence-corrected chi connectivity index (χ1v) is 4.79. The van der Waals surface area contributed by atoms with E-state index in [1.165, 1.54) is 6.07 Å². The van der Waals surface area contributed by atoms with Crippen LogP contribution in [0.25, 0.3) is 0 Å². The van der Waals surface area contributed by atoms with Crippen LogP contribution in [0.5, 0.6) is 0 Å². The summed E-state index contributed by atoms with van der Waals surface area (Å²) in [4.78, 5) is -0.550. The smallest absolute Gasteiger partial charge is 0.225 e. The van der Waals surface area contributed by atoms with Crippen LogP contribution in [-0.2, 0) is 10.0 Å². The van der Waals surface area contributed by atoms with Crippen LogP contribution in [0, 0.1) is 18.2 Å². The minimum Gasteiger partial charge on any atom is -0.225 e. The number of hydrogen-bond donors (Lipinski definition) is 1. The molecule has 13 heavy (non-hydrogen) atoms. The van der Waals surface area contributed by atoms with Crippen molar-refractivity contribution in [3.05, 3.63) is 29.6 Å². The molecule has 0 aliphatic heterocycles. The Labute approximate surface area is 75.4 Å². The minimum absolute atomic E-state index is 0.268. The van der Waals surface area contributed by atoms with Crippen molar-refractivity contribution in [3.63, 3.8) is 0 Å². The second-order valence-electron chi connectivity index (χ2n) is 2.33. The molecule has 0 heterocycles. The van der Waals surface area contributed by atoms with E-state index in [1.54, 1.807) is 0 Å². The van der Waals surface area contributed by atoms with Crippen LogP contribution >= 0.6 is 0 Å². The molecule has 0 aliphatic carbocycles. The average Bonchev–Trinajstić information content (AvgIpc) is 2.01. The van der Waals surface area contributed by atoms with E-state index in [-0.39, 0.29) is 5.56 Å². The first-order chi connectivity index (χ1) is 5.95. The normalized spacial score (nSPS) is 10.8. The van der Waals surface area contributed by atoms with E-state index in [4.69, 9.17) is 11.6 Å². The van der Waals surface area contributed by atoms with Crippen molar-refractivity contribution in [1.29, 1.82) is 0 Å². The van der Waals surface area contributed by atoms with Crippen LogP contribution in [0.3, 0.4) is 0 Å². The maximum absolute atomic E-state index is 13.0. The molecule has 0 bridgehead atoms. The van der Waals surface area contributed by atoms with Gasteiger partial charge in [0.1, 0.15) is 10.7 Å². The van der Waals surface area contributed by atoms with Crippen molar-refractivity contribution in [2.24, 2.45) is 5.14 Å². The molecule has 0 saturated carbocycles. The van der Waals surface area contributed by atoms with Crippen molar-refractivity contribution in [2.45, 2.75) is 4.90 Å². The minimum atomic E-state index is -4.00. The number of sulfonamides is 1. The van der Waals surface area contributed by atoms with Crippen LogP contribution < -0.4 is 5.14 Å². The van der Waals surface area contributed by atoms with E-state index < -0.39 is 20.7 Å². The molecule has 0 amide bonds. The summed E-state index contributed by atoms with van der Waals surface area (Å²) in [6.45, 7) is 0. The van der Waals surface area contributed by atoms with E-state index in [2.05, 4.69) is 5.92 Å². The van der Waals surface area contributed by atoms with Crippen molar-refractivity contribution in [3.8, 4) is 12.3 Å². The van der Waals surface area contributed by atoms with Crippen LogP contribution in [-0.4, -0.2) is 8.42 Å². The standard InChI is InChI=1S/C8H6FNO2S/c1-2-6-3-4-8(7(9)5-6)13(10,11)12/h1,3-5H,(H2,10,11,12). The zero-order valence-corrected chi connectivity index (χ0v) is 7.31. The highest BCUT2D eigenvalue weighted by Crippen LogP contribution is 2.13. The summed E-state index contributed by atoms with van der Waals surface area (Å²) in [5.41, 5.74) is 0.268. The van der Waals surface area contributed by atoms with E-state index in [9.17, 15) is 12.8 Å². The van der Waals surface area contributed by atoms with Gasteiger partial charge in [-0.05, 0) is 18.2 Å². The fourth-order valence-corrected chi connectivity index (χ4v) is 1.41. The summed E-state index contributed by atoms with van der Waals surface area (Å²) in [6.07, 6.45) is 4.98. The van der Waals surface area contributed by atoms with Gasteiger partial charge in [-0.15, -0.1) is 6.42 Å². The number of halogens is 1. The van der Waals surface area contributed by atoms with Gasteiger partial charge >= 0.3 is 0 Å². The summed E-state index contributed by atoms with van der Waals surface area (Å²) in [5, 5.41) is 4.73. The van der Waals surface area contributed by atoms with Crippen LogP contribution in [0.2, 0.25) is 0 Å². The zero-order chi connectivity index (χ0) is 10.1. The van der Waals surface area contributed by atoms with Gasteiger partial charge in [-0.3, -0.25) is 0 Å². The van der Waals surface area contributed by atoms with Gasteiger partial charge < -0.3 is 0 Å². The van der Waals surface area contributed by atoms with Crippen LogP contribution in [0.1, 0.15) is 5.56 Å². The molecular weight excluding hydrogens is 193 g/mol. The Bertz CT molecular complexity index is 473. The molecule has 0 radical (unpaired) electrons. The highest BCUT2D eigenvalue weighted by molar-refractivity contribution is 7.89. The summed E-state index contributed by atoms with van der Waals surface area (Å²) in [7, 11) is -4.00. The van der Waals surface area contributed by atoms with Crippen molar-refractivity contribution < 1.29 is 12.8 Å². The molecule has 68 valence electrons. The predicted molar refractivity (Wildman–Crippen MR) is 45.7 cm³/mol. The van der Waals surface area contributed by atoms with E-state index in [1.807, 2.05) is 0 Å². The molecule has 2 N–H and O–H groups in total. The van der Waals surface area contributed by atoms with Crippen molar-refractivity contribution in [2.75, 3.05) is 0 Å². The lowest BCUT2D eigenvalue weighted by Gasteiger charge is -1.99. The molecule has 0 fully saturated rings. The lowest BCUT2D eigenvalue weighted by atomic mass is 10.2. The molecule has 0 unspecified atom stereocenters. The predicted octanol–water partition coefficient (Wildman–Crippen LogP) is 0.454. The number of primary sulfonamides is 1. The Morgan fingerprint density at radius 1 is 1.46 bits per heavy atom. The monoisotopic (exact) mass is 199 g/mol. The third kappa shape index (κ3) is 2.05. The average molecular weight is 199 g/mol. The maximum Gasteiger partial charge on any atom is 0.240 e. The molecule has 1 rings (SSSR count). The molecule has 5 heteroatoms. The fraction of sp³-hybridized carbons (Fsp3) is 0. The van der Waals surface area contributed by atoms with Gasteiger partial charge in [0.15, 0.2) is 0 Å². The molecule has 0 spiro atoms. The Morgan fingerprint density at radius 3 is 2.46 bits per heavy atom. The Balaban J connectivity index is 3.40. The Kier molecular flexibility index (Phi) is 2.36. The van der Waals surface area contributed by atoms with E-state index >= 15 is 0 Å². The highest BCUT2D eigenvalue weighted by Gasteiger charge is 2.13. The second-order valence-corrected chi connectivity index (χ2v) is 3.86. The Morgan fingerprint density at radius 2 is 2.08 bits per heavy atom. The van der Waals surface area contributed by atoms with Crippen LogP contribution in [0.4, 0.5) is 4.39 Å². The number of benzene rings is 1. The fourth-order valence-electron chi connectivity index (χ4n) is 0.821. The van der Waals surface area contributed by atoms with E-state index in [0.29, 0.717) is 0 Å². The van der Waals surface area contributed by atoms with Gasteiger partial charge in [-0.25, -0.2) is 17.9 Å². The van der Waals surface area contributed by atoms with Crippen molar-refractivity contribution >= 4 is 10.0 Å². The molecule has 0 aromatic heterocycles. The van der Waals surface area contributed by atoms with Gasteiger partial charge in [0, 0.05) is 5.56 Å². The number of hydrogen-bond acceptors (Lipinski definition) is 2. The number of nitrogens with two attached hydrogens (primary N) is 1. The van der Waals surface area contributed by atoms with Gasteiger partial charge in [-0.2, -0.15) is 0 Å². The first-order valence-electron chi connectivity index (χ1n) is 3.24. The van der Waals surface area contributed by atoms with E-state index in [0.717, 1.165) is 12.1 Å². The Hall–Kier alpha value is -1.38. The molecule has 0 atom stereocenters. The van der Waals surface area contributed by atoms with Gasteiger partial charge in [0.2, 0.25) is 10.0 Å². The number of terminal acetylenes is 1. The molecule has 0 aliphatic rings. The largest absolute Gasteiger partial charge is 0.240 e. The third-order valence-corrected chi connectivity index (χ3v) is 2.35. The summed E-state index contributed by atoms with van der Waals surface area (Å²) in [5.74, 6) is 1.24. The molecular formula is C8H6FNO2S. The van der Waals surface area contributed by atoms with Crippen LogP contribution in [0.15, 0.2) is 23.1 Å². The molecule has 3 nitrogen and oxygen atoms in total. The zero-order valence-electron chi connectivity index (χ0n) is 6.49. The topological polar surface area (TPSA) is 60.2 Å². The second kappa shape index (κ2) is 3.17. The summed E-state index contributed by atoms with van der Waals surface area (Å²) < 4.78 is 34.5. The van der Waals surface area contributed by atoms with Crippen molar-refractivity contribution in [1.82, 2.24) is 0 Å². The summed E-state index contributed by atoms with van der Waals surface area (Å²) >= 11 is 0. The first kappa shape index (κ1) is 9.71. The highest BCUT2D eigenvalue weighted by atomic mass is 32.2.